The molecule has 0 N–H and O–H groups in total. The van der Waals surface area contributed by atoms with E-state index in [9.17, 15) is 4.79 Å². The topological polar surface area (TPSA) is 38.1 Å². The van der Waals surface area contributed by atoms with E-state index in [1.165, 1.54) is 22.3 Å². The summed E-state index contributed by atoms with van der Waals surface area (Å²) >= 11 is 0. The van der Waals surface area contributed by atoms with E-state index in [4.69, 9.17) is 0 Å². The van der Waals surface area contributed by atoms with Crippen LogP contribution in [-0.4, -0.2) is 40.9 Å². The lowest BCUT2D eigenvalue weighted by atomic mass is 9.90. The van der Waals surface area contributed by atoms with Gasteiger partial charge in [0.2, 0.25) is 0 Å². The van der Waals surface area contributed by atoms with E-state index in [0.29, 0.717) is 5.69 Å². The summed E-state index contributed by atoms with van der Waals surface area (Å²) < 4.78 is 2.09. The van der Waals surface area contributed by atoms with Crippen LogP contribution in [0.25, 0.3) is 5.57 Å². The molecule has 2 aliphatic heterocycles. The highest BCUT2D eigenvalue weighted by molar-refractivity contribution is 5.83. The van der Waals surface area contributed by atoms with Crippen LogP contribution in [0.5, 0.6) is 0 Å². The summed E-state index contributed by atoms with van der Waals surface area (Å²) in [5.41, 5.74) is 6.07. The number of fused-ring (bicyclic) bond motifs is 2. The van der Waals surface area contributed by atoms with E-state index in [0.717, 1.165) is 51.0 Å². The van der Waals surface area contributed by atoms with E-state index in [1.54, 1.807) is 6.20 Å². The van der Waals surface area contributed by atoms with Gasteiger partial charge in [0.25, 0.3) is 0 Å². The Labute approximate surface area is 136 Å². The highest BCUT2D eigenvalue weighted by Crippen LogP contribution is 2.35. The van der Waals surface area contributed by atoms with Crippen molar-refractivity contribution in [1.82, 2.24) is 14.5 Å². The molecule has 118 valence electrons. The maximum absolute atomic E-state index is 11.4. The summed E-state index contributed by atoms with van der Waals surface area (Å²) in [6.07, 6.45) is 5.72. The van der Waals surface area contributed by atoms with E-state index in [-0.39, 0.29) is 0 Å². The number of imidazole rings is 1. The minimum absolute atomic E-state index is 0.679. The van der Waals surface area contributed by atoms with Crippen molar-refractivity contribution in [3.8, 4) is 0 Å². The van der Waals surface area contributed by atoms with Gasteiger partial charge in [-0.2, -0.15) is 0 Å². The van der Waals surface area contributed by atoms with Gasteiger partial charge in [-0.3, -0.25) is 4.79 Å². The molecule has 1 saturated heterocycles. The first-order chi connectivity index (χ1) is 11.3. The molecule has 0 saturated carbocycles. The fraction of sp³-hybridized carbons (Fsp3) is 0.368. The first-order valence-electron chi connectivity index (χ1n) is 8.28. The molecule has 0 unspecified atom stereocenters. The summed E-state index contributed by atoms with van der Waals surface area (Å²) in [4.78, 5) is 18.4. The lowest BCUT2D eigenvalue weighted by Gasteiger charge is -2.26. The second-order valence-electron chi connectivity index (χ2n) is 6.47. The van der Waals surface area contributed by atoms with Crippen molar-refractivity contribution in [2.75, 3.05) is 20.1 Å². The van der Waals surface area contributed by atoms with Gasteiger partial charge >= 0.3 is 0 Å². The second kappa shape index (κ2) is 5.78. The number of benzene rings is 1. The molecule has 4 heteroatoms. The van der Waals surface area contributed by atoms with Gasteiger partial charge in [0.15, 0.2) is 6.29 Å². The zero-order valence-electron chi connectivity index (χ0n) is 13.5. The Morgan fingerprint density at radius 3 is 2.65 bits per heavy atom. The molecular formula is C19H21N3O. The zero-order valence-corrected chi connectivity index (χ0v) is 13.5. The Morgan fingerprint density at radius 2 is 1.87 bits per heavy atom. The Kier molecular flexibility index (Phi) is 3.62. The Balaban J connectivity index is 1.94. The number of rotatable bonds is 1. The number of aromatic nitrogens is 2. The number of piperidine rings is 1. The highest BCUT2D eigenvalue weighted by Gasteiger charge is 2.25. The quantitative estimate of drug-likeness (QED) is 0.760. The molecule has 0 spiro atoms. The van der Waals surface area contributed by atoms with E-state index < -0.39 is 0 Å². The van der Waals surface area contributed by atoms with Crippen molar-refractivity contribution in [2.45, 2.75) is 25.8 Å². The van der Waals surface area contributed by atoms with E-state index in [2.05, 4.69) is 45.8 Å². The van der Waals surface area contributed by atoms with Gasteiger partial charge in [-0.15, -0.1) is 0 Å². The Bertz CT molecular complexity index is 778. The van der Waals surface area contributed by atoms with Crippen LogP contribution in [0.1, 0.15) is 40.3 Å². The Hall–Kier alpha value is -2.20. The lowest BCUT2D eigenvalue weighted by Crippen LogP contribution is -2.27. The van der Waals surface area contributed by atoms with Crippen LogP contribution in [-0.2, 0) is 13.0 Å². The molecule has 0 aliphatic carbocycles. The number of likely N-dealkylation sites (tertiary alicyclic amines) is 1. The molecular weight excluding hydrogens is 286 g/mol. The number of aldehydes is 1. The van der Waals surface area contributed by atoms with Gasteiger partial charge in [0.1, 0.15) is 11.5 Å². The second-order valence-corrected chi connectivity index (χ2v) is 6.47. The van der Waals surface area contributed by atoms with Crippen LogP contribution in [0.15, 0.2) is 36.0 Å². The molecule has 1 aromatic heterocycles. The third-order valence-electron chi connectivity index (χ3n) is 5.07. The number of hydrogen-bond acceptors (Lipinski definition) is 3. The van der Waals surface area contributed by atoms with Crippen molar-refractivity contribution in [3.05, 3.63) is 58.7 Å². The summed E-state index contributed by atoms with van der Waals surface area (Å²) in [6, 6.07) is 8.62. The third kappa shape index (κ3) is 2.43. The molecule has 0 radical (unpaired) electrons. The molecule has 0 bridgehead atoms. The predicted molar refractivity (Wildman–Crippen MR) is 90.5 cm³/mol. The monoisotopic (exact) mass is 307 g/mol. The number of carbonyl (C=O) groups excluding carboxylic acids is 1. The van der Waals surface area contributed by atoms with Gasteiger partial charge in [0.05, 0.1) is 6.20 Å². The molecule has 2 aromatic rings. The zero-order chi connectivity index (χ0) is 15.8. The molecule has 1 aromatic carbocycles. The van der Waals surface area contributed by atoms with Gasteiger partial charge in [0, 0.05) is 25.2 Å². The summed E-state index contributed by atoms with van der Waals surface area (Å²) in [5, 5.41) is 0. The van der Waals surface area contributed by atoms with Gasteiger partial charge in [-0.1, -0.05) is 29.8 Å². The number of nitrogens with zero attached hydrogens (tertiary/aromatic N) is 3. The number of hydrogen-bond donors (Lipinski definition) is 0. The lowest BCUT2D eigenvalue weighted by molar-refractivity contribution is 0.111. The average Bonchev–Trinajstić information content (AvgIpc) is 2.91. The van der Waals surface area contributed by atoms with Crippen molar-refractivity contribution in [3.63, 3.8) is 0 Å². The molecule has 2 aliphatic rings. The third-order valence-corrected chi connectivity index (χ3v) is 5.07. The number of aryl methyl sites for hydroxylation is 1. The van der Waals surface area contributed by atoms with Crippen LogP contribution in [0.4, 0.5) is 0 Å². The fourth-order valence-corrected chi connectivity index (χ4v) is 3.74. The van der Waals surface area contributed by atoms with Crippen molar-refractivity contribution in [2.24, 2.45) is 0 Å². The SMILES string of the molecule is CN1CCC(=C2c3ccccc3CCn3c(C=O)cnc32)CC1. The first kappa shape index (κ1) is 14.4. The smallest absolute Gasteiger partial charge is 0.168 e. The standard InChI is InChI=1S/C19H21N3O/c1-21-9-6-15(7-10-21)18-17-5-3-2-4-14(17)8-11-22-16(13-23)12-20-19(18)22/h2-5,12-13H,6-11H2,1H3. The normalized spacial score (nSPS) is 18.3. The average molecular weight is 307 g/mol. The van der Waals surface area contributed by atoms with Gasteiger partial charge < -0.3 is 9.47 Å². The van der Waals surface area contributed by atoms with Crippen molar-refractivity contribution >= 4 is 11.9 Å². The van der Waals surface area contributed by atoms with Gasteiger partial charge in [-0.05, 0) is 37.4 Å². The van der Waals surface area contributed by atoms with E-state index in [1.807, 2.05) is 0 Å². The Morgan fingerprint density at radius 1 is 1.09 bits per heavy atom. The van der Waals surface area contributed by atoms with Crippen LogP contribution in [0.3, 0.4) is 0 Å². The van der Waals surface area contributed by atoms with Crippen LogP contribution >= 0.6 is 0 Å². The van der Waals surface area contributed by atoms with Crippen LogP contribution in [0.2, 0.25) is 0 Å². The minimum atomic E-state index is 0.679. The molecule has 0 atom stereocenters. The molecule has 0 amide bonds. The fourth-order valence-electron chi connectivity index (χ4n) is 3.74. The highest BCUT2D eigenvalue weighted by atomic mass is 16.1. The van der Waals surface area contributed by atoms with Gasteiger partial charge in [-0.25, -0.2) is 4.98 Å². The number of carbonyl (C=O) groups is 1. The largest absolute Gasteiger partial charge is 0.321 e. The van der Waals surface area contributed by atoms with Crippen LogP contribution in [0, 0.1) is 0 Å². The maximum Gasteiger partial charge on any atom is 0.168 e. The van der Waals surface area contributed by atoms with Crippen molar-refractivity contribution < 1.29 is 4.79 Å². The molecule has 4 rings (SSSR count). The maximum atomic E-state index is 11.4. The molecule has 4 nitrogen and oxygen atoms in total. The first-order valence-corrected chi connectivity index (χ1v) is 8.28. The minimum Gasteiger partial charge on any atom is -0.321 e. The molecule has 1 fully saturated rings. The molecule has 23 heavy (non-hydrogen) atoms. The van der Waals surface area contributed by atoms with E-state index >= 15 is 0 Å². The molecule has 3 heterocycles. The summed E-state index contributed by atoms with van der Waals surface area (Å²) in [6.45, 7) is 2.99. The summed E-state index contributed by atoms with van der Waals surface area (Å²) in [7, 11) is 2.17. The summed E-state index contributed by atoms with van der Waals surface area (Å²) in [5.74, 6) is 0.969. The van der Waals surface area contributed by atoms with Crippen LogP contribution < -0.4 is 0 Å². The van der Waals surface area contributed by atoms with Crippen molar-refractivity contribution in [1.29, 1.82) is 0 Å². The predicted octanol–water partition coefficient (Wildman–Crippen LogP) is 2.78.